The number of alkyl halides is 1. The van der Waals surface area contributed by atoms with Crippen LogP contribution in [0.2, 0.25) is 36.3 Å². The fraction of sp³-hybridized carbons (Fsp3) is 0.684. The predicted molar refractivity (Wildman–Crippen MR) is 122 cm³/mol. The molecule has 0 aliphatic rings. The molecule has 0 N–H and O–H groups in total. The third kappa shape index (κ3) is 5.59. The van der Waals surface area contributed by atoms with Crippen molar-refractivity contribution in [3.05, 3.63) is 22.2 Å². The predicted octanol–water partition coefficient (Wildman–Crippen LogP) is 8.11. The van der Waals surface area contributed by atoms with Gasteiger partial charge in [-0.05, 0) is 54.0 Å². The third-order valence-corrected chi connectivity index (χ3v) is 15.6. The normalized spacial score (nSPS) is 13.8. The van der Waals surface area contributed by atoms with Crippen LogP contribution in [0.5, 0.6) is 11.5 Å². The Bertz CT molecular complexity index is 615. The van der Waals surface area contributed by atoms with Crippen LogP contribution in [0.15, 0.2) is 16.6 Å². The summed E-state index contributed by atoms with van der Waals surface area (Å²) in [6, 6.07) is 4.21. The average molecular weight is 510 g/mol. The van der Waals surface area contributed by atoms with E-state index in [1.54, 1.807) is 0 Å². The highest BCUT2D eigenvalue weighted by Crippen LogP contribution is 2.45. The van der Waals surface area contributed by atoms with Crippen LogP contribution in [0.1, 0.15) is 47.1 Å². The first-order valence-electron chi connectivity index (χ1n) is 8.78. The Morgan fingerprint density at radius 3 is 1.48 bits per heavy atom. The monoisotopic (exact) mass is 508 g/mol. The number of hydrogen-bond acceptors (Lipinski definition) is 2. The number of benzene rings is 1. The molecule has 0 atom stereocenters. The lowest BCUT2D eigenvalue weighted by Gasteiger charge is -2.40. The largest absolute Gasteiger partial charge is 0.541 e. The summed E-state index contributed by atoms with van der Waals surface area (Å²) in [6.07, 6.45) is 0. The molecule has 0 heterocycles. The Morgan fingerprint density at radius 2 is 1.16 bits per heavy atom. The van der Waals surface area contributed by atoms with Crippen LogP contribution in [0.25, 0.3) is 0 Å². The molecule has 0 spiro atoms. The van der Waals surface area contributed by atoms with Gasteiger partial charge in [0.05, 0.1) is 0 Å². The molecule has 0 unspecified atom stereocenters. The van der Waals surface area contributed by atoms with Crippen LogP contribution < -0.4 is 8.85 Å². The molecule has 0 radical (unpaired) electrons. The number of rotatable bonds is 5. The minimum Gasteiger partial charge on any atom is -0.541 e. The summed E-state index contributed by atoms with van der Waals surface area (Å²) in [5.74, 6) is 1.75. The summed E-state index contributed by atoms with van der Waals surface area (Å²) in [7, 11) is -3.89. The van der Waals surface area contributed by atoms with E-state index in [0.29, 0.717) is 0 Å². The lowest BCUT2D eigenvalue weighted by atomic mass is 10.2. The zero-order chi connectivity index (χ0) is 19.8. The second-order valence-corrected chi connectivity index (χ2v) is 20.6. The molecule has 0 aromatic heterocycles. The van der Waals surface area contributed by atoms with Gasteiger partial charge in [0.2, 0.25) is 0 Å². The van der Waals surface area contributed by atoms with Crippen molar-refractivity contribution in [2.75, 3.05) is 0 Å². The van der Waals surface area contributed by atoms with Crippen molar-refractivity contribution in [3.8, 4) is 11.5 Å². The summed E-state index contributed by atoms with van der Waals surface area (Å²) in [5, 5.41) is 1.06. The number of hydrogen-bond donors (Lipinski definition) is 0. The second-order valence-electron chi connectivity index (χ2n) is 9.75. The summed E-state index contributed by atoms with van der Waals surface area (Å²) in [5.41, 5.74) is 1.18. The maximum Gasteiger partial charge on any atom is 0.250 e. The molecule has 1 rings (SSSR count). The summed E-state index contributed by atoms with van der Waals surface area (Å²) in [6.45, 7) is 22.7. The van der Waals surface area contributed by atoms with Crippen molar-refractivity contribution in [3.63, 3.8) is 0 Å². The Morgan fingerprint density at radius 1 is 0.800 bits per heavy atom. The van der Waals surface area contributed by atoms with E-state index in [1.807, 2.05) is 0 Å². The van der Waals surface area contributed by atoms with Gasteiger partial charge in [-0.15, -0.1) is 0 Å². The first kappa shape index (κ1) is 23.3. The van der Waals surface area contributed by atoms with Crippen molar-refractivity contribution < 1.29 is 8.85 Å². The molecule has 6 heteroatoms. The smallest absolute Gasteiger partial charge is 0.250 e. The Labute approximate surface area is 173 Å². The van der Waals surface area contributed by atoms with Crippen molar-refractivity contribution in [2.45, 2.75) is 83.1 Å². The van der Waals surface area contributed by atoms with Crippen molar-refractivity contribution >= 4 is 48.5 Å². The molecule has 0 saturated heterocycles. The summed E-state index contributed by atoms with van der Waals surface area (Å²) >= 11 is 7.25. The van der Waals surface area contributed by atoms with Gasteiger partial charge >= 0.3 is 0 Å². The van der Waals surface area contributed by atoms with Crippen molar-refractivity contribution in [1.29, 1.82) is 0 Å². The fourth-order valence-electron chi connectivity index (χ4n) is 1.70. The molecule has 0 bridgehead atoms. The molecule has 1 aromatic carbocycles. The molecule has 0 aliphatic carbocycles. The van der Waals surface area contributed by atoms with E-state index in [2.05, 4.69) is 112 Å². The maximum absolute atomic E-state index is 6.65. The lowest BCUT2D eigenvalue weighted by molar-refractivity contribution is 0.440. The van der Waals surface area contributed by atoms with E-state index in [9.17, 15) is 0 Å². The average Bonchev–Trinajstić information content (AvgIpc) is 2.38. The van der Waals surface area contributed by atoms with Crippen LogP contribution in [-0.4, -0.2) is 16.6 Å². The van der Waals surface area contributed by atoms with Gasteiger partial charge in [-0.1, -0.05) is 73.4 Å². The van der Waals surface area contributed by atoms with E-state index in [4.69, 9.17) is 8.85 Å². The molecule has 0 saturated carbocycles. The summed E-state index contributed by atoms with van der Waals surface area (Å²) < 4.78 is 14.3. The van der Waals surface area contributed by atoms with E-state index in [-0.39, 0.29) is 10.1 Å². The van der Waals surface area contributed by atoms with E-state index >= 15 is 0 Å². The van der Waals surface area contributed by atoms with Crippen LogP contribution in [0, 0.1) is 0 Å². The Hall–Kier alpha value is 0.214. The summed E-state index contributed by atoms with van der Waals surface area (Å²) in [4.78, 5) is 0. The minimum atomic E-state index is -1.95. The van der Waals surface area contributed by atoms with E-state index in [1.165, 1.54) is 5.56 Å². The Balaban J connectivity index is 3.40. The molecule has 2 nitrogen and oxygen atoms in total. The van der Waals surface area contributed by atoms with Gasteiger partial charge < -0.3 is 8.85 Å². The lowest BCUT2D eigenvalue weighted by Crippen LogP contribution is -2.45. The second kappa shape index (κ2) is 7.68. The van der Waals surface area contributed by atoms with Gasteiger partial charge in [0.1, 0.15) is 11.5 Å². The number of halogens is 2. The van der Waals surface area contributed by atoms with Gasteiger partial charge in [0, 0.05) is 9.80 Å². The standard InChI is InChI=1S/C19H34Br2O2Si2/c1-18(2,3)24(7,8)22-16-11-14(13-20)15(21)12-17(16)23-25(9,10)19(4,5)6/h11-12H,13H2,1-10H3. The first-order valence-corrected chi connectivity index (χ1v) is 16.5. The molecule has 0 amide bonds. The zero-order valence-electron chi connectivity index (χ0n) is 17.4. The SMILES string of the molecule is CC(C)(C)[Si](C)(C)Oc1cc(Br)c(CBr)cc1O[Si](C)(C)C(C)(C)C. The van der Waals surface area contributed by atoms with Gasteiger partial charge in [-0.2, -0.15) is 0 Å². The van der Waals surface area contributed by atoms with E-state index in [0.717, 1.165) is 21.3 Å². The first-order chi connectivity index (χ1) is 11.0. The molecule has 0 fully saturated rings. The van der Waals surface area contributed by atoms with Crippen LogP contribution in [-0.2, 0) is 5.33 Å². The van der Waals surface area contributed by atoms with Crippen LogP contribution in [0.4, 0.5) is 0 Å². The van der Waals surface area contributed by atoms with Crippen molar-refractivity contribution in [2.24, 2.45) is 0 Å². The van der Waals surface area contributed by atoms with E-state index < -0.39 is 16.6 Å². The molecule has 0 aliphatic heterocycles. The van der Waals surface area contributed by atoms with Gasteiger partial charge in [0.15, 0.2) is 0 Å². The highest BCUT2D eigenvalue weighted by molar-refractivity contribution is 9.10. The highest BCUT2D eigenvalue weighted by Gasteiger charge is 2.42. The van der Waals surface area contributed by atoms with Gasteiger partial charge in [-0.25, -0.2) is 0 Å². The molecular formula is C19H34Br2O2Si2. The molecule has 144 valence electrons. The molecule has 25 heavy (non-hydrogen) atoms. The maximum atomic E-state index is 6.65. The fourth-order valence-corrected chi connectivity index (χ4v) is 5.03. The third-order valence-electron chi connectivity index (χ3n) is 5.60. The highest BCUT2D eigenvalue weighted by atomic mass is 79.9. The Kier molecular flexibility index (Phi) is 7.15. The molecular weight excluding hydrogens is 476 g/mol. The molecule has 1 aromatic rings. The van der Waals surface area contributed by atoms with Crippen LogP contribution in [0.3, 0.4) is 0 Å². The zero-order valence-corrected chi connectivity index (χ0v) is 22.6. The topological polar surface area (TPSA) is 18.5 Å². The van der Waals surface area contributed by atoms with Gasteiger partial charge in [0.25, 0.3) is 16.6 Å². The van der Waals surface area contributed by atoms with Gasteiger partial charge in [-0.3, -0.25) is 0 Å². The minimum absolute atomic E-state index is 0.141. The quantitative estimate of drug-likeness (QED) is 0.294. The van der Waals surface area contributed by atoms with Crippen LogP contribution >= 0.6 is 31.9 Å². The van der Waals surface area contributed by atoms with Crippen molar-refractivity contribution in [1.82, 2.24) is 0 Å².